The number of nitrogens with zero attached hydrogens (tertiary/aromatic N) is 1. The van der Waals surface area contributed by atoms with Crippen molar-refractivity contribution in [2.24, 2.45) is 5.73 Å². The number of carbonyl (C=O) groups excluding carboxylic acids is 1. The van der Waals surface area contributed by atoms with Crippen molar-refractivity contribution in [1.29, 1.82) is 0 Å². The summed E-state index contributed by atoms with van der Waals surface area (Å²) in [7, 11) is 0. The highest BCUT2D eigenvalue weighted by atomic mass is 32.1. The predicted octanol–water partition coefficient (Wildman–Crippen LogP) is 1.18. The number of rotatable bonds is 7. The third-order valence-corrected chi connectivity index (χ3v) is 3.08. The maximum Gasteiger partial charge on any atom is 0.270 e. The number of unbranched alkanes of at least 4 members (excludes halogenated alkanes) is 2. The average Bonchev–Trinajstić information content (AvgIpc) is 2.78. The van der Waals surface area contributed by atoms with Crippen LogP contribution in [0, 0.1) is 12.3 Å². The highest BCUT2D eigenvalue weighted by Crippen LogP contribution is 2.09. The van der Waals surface area contributed by atoms with E-state index >= 15 is 0 Å². The van der Waals surface area contributed by atoms with Gasteiger partial charge in [-0.05, 0) is 19.4 Å². The molecule has 17 heavy (non-hydrogen) atoms. The predicted molar refractivity (Wildman–Crippen MR) is 69.9 cm³/mol. The van der Waals surface area contributed by atoms with Gasteiger partial charge >= 0.3 is 0 Å². The Morgan fingerprint density at radius 2 is 2.41 bits per heavy atom. The molecule has 0 aromatic carbocycles. The summed E-state index contributed by atoms with van der Waals surface area (Å²) in [5, 5.41) is 5.49. The first kappa shape index (κ1) is 13.7. The van der Waals surface area contributed by atoms with Gasteiger partial charge in [-0.1, -0.05) is 0 Å². The van der Waals surface area contributed by atoms with Gasteiger partial charge in [0.05, 0.1) is 5.01 Å². The number of aromatic nitrogens is 1. The monoisotopic (exact) mass is 251 g/mol. The van der Waals surface area contributed by atoms with Crippen LogP contribution in [0.25, 0.3) is 0 Å². The standard InChI is InChI=1S/C12H17N3OS/c1-2-3-4-5-8-14-12(16)10-9-17-11(15-10)6-7-13/h1,9H,3-8,13H2,(H,14,16). The van der Waals surface area contributed by atoms with Gasteiger partial charge in [-0.15, -0.1) is 23.7 Å². The summed E-state index contributed by atoms with van der Waals surface area (Å²) in [6.07, 6.45) is 8.45. The zero-order valence-corrected chi connectivity index (χ0v) is 10.6. The summed E-state index contributed by atoms with van der Waals surface area (Å²) >= 11 is 1.47. The van der Waals surface area contributed by atoms with Crippen LogP contribution >= 0.6 is 11.3 Å². The van der Waals surface area contributed by atoms with Crippen molar-refractivity contribution >= 4 is 17.2 Å². The van der Waals surface area contributed by atoms with Gasteiger partial charge in [-0.3, -0.25) is 4.79 Å². The first-order chi connectivity index (χ1) is 8.27. The molecule has 0 radical (unpaired) electrons. The quantitative estimate of drug-likeness (QED) is 0.565. The van der Waals surface area contributed by atoms with E-state index in [1.165, 1.54) is 11.3 Å². The van der Waals surface area contributed by atoms with Crippen molar-refractivity contribution in [1.82, 2.24) is 10.3 Å². The molecule has 0 bridgehead atoms. The Labute approximate surface area is 106 Å². The number of nitrogens with one attached hydrogen (secondary N) is 1. The normalized spacial score (nSPS) is 9.88. The van der Waals surface area contributed by atoms with Gasteiger partial charge in [0.25, 0.3) is 5.91 Å². The van der Waals surface area contributed by atoms with E-state index in [1.54, 1.807) is 5.38 Å². The van der Waals surface area contributed by atoms with Crippen LogP contribution in [-0.4, -0.2) is 24.0 Å². The molecule has 0 atom stereocenters. The summed E-state index contributed by atoms with van der Waals surface area (Å²) < 4.78 is 0. The van der Waals surface area contributed by atoms with Crippen molar-refractivity contribution < 1.29 is 4.79 Å². The first-order valence-corrected chi connectivity index (χ1v) is 6.52. The van der Waals surface area contributed by atoms with Gasteiger partial charge in [0, 0.05) is 24.8 Å². The van der Waals surface area contributed by atoms with Crippen molar-refractivity contribution in [3.63, 3.8) is 0 Å². The Morgan fingerprint density at radius 3 is 3.12 bits per heavy atom. The Bertz CT molecular complexity index is 395. The molecule has 1 aromatic heterocycles. The molecule has 1 amide bonds. The minimum absolute atomic E-state index is 0.120. The molecule has 0 unspecified atom stereocenters. The Morgan fingerprint density at radius 1 is 1.59 bits per heavy atom. The fraction of sp³-hybridized carbons (Fsp3) is 0.500. The molecule has 1 aromatic rings. The molecule has 0 saturated carbocycles. The topological polar surface area (TPSA) is 68.0 Å². The van der Waals surface area contributed by atoms with Gasteiger partial charge < -0.3 is 11.1 Å². The zero-order valence-electron chi connectivity index (χ0n) is 9.74. The molecule has 1 heterocycles. The Balaban J connectivity index is 2.29. The van der Waals surface area contributed by atoms with E-state index in [9.17, 15) is 4.79 Å². The van der Waals surface area contributed by atoms with Gasteiger partial charge in [0.2, 0.25) is 0 Å². The summed E-state index contributed by atoms with van der Waals surface area (Å²) in [6, 6.07) is 0. The Kier molecular flexibility index (Phi) is 6.30. The van der Waals surface area contributed by atoms with Crippen LogP contribution in [0.15, 0.2) is 5.38 Å². The van der Waals surface area contributed by atoms with Crippen LogP contribution in [0.4, 0.5) is 0 Å². The number of hydrogen-bond donors (Lipinski definition) is 2. The lowest BCUT2D eigenvalue weighted by Crippen LogP contribution is -2.24. The highest BCUT2D eigenvalue weighted by molar-refractivity contribution is 7.09. The largest absolute Gasteiger partial charge is 0.351 e. The number of hydrogen-bond acceptors (Lipinski definition) is 4. The molecule has 0 aliphatic heterocycles. The third kappa shape index (κ3) is 4.98. The van der Waals surface area contributed by atoms with E-state index in [2.05, 4.69) is 16.2 Å². The van der Waals surface area contributed by atoms with E-state index in [1.807, 2.05) is 0 Å². The van der Waals surface area contributed by atoms with Gasteiger partial charge in [-0.25, -0.2) is 4.98 Å². The van der Waals surface area contributed by atoms with Crippen LogP contribution in [0.5, 0.6) is 0 Å². The molecule has 0 spiro atoms. The number of amides is 1. The minimum atomic E-state index is -0.120. The van der Waals surface area contributed by atoms with E-state index in [-0.39, 0.29) is 5.91 Å². The van der Waals surface area contributed by atoms with E-state index < -0.39 is 0 Å². The molecule has 1 rings (SSSR count). The lowest BCUT2D eigenvalue weighted by atomic mass is 10.2. The smallest absolute Gasteiger partial charge is 0.270 e. The molecule has 5 heteroatoms. The van der Waals surface area contributed by atoms with Gasteiger partial charge in [-0.2, -0.15) is 0 Å². The Hall–Kier alpha value is -1.38. The van der Waals surface area contributed by atoms with Crippen molar-refractivity contribution in [2.45, 2.75) is 25.7 Å². The molecule has 0 aliphatic rings. The third-order valence-electron chi connectivity index (χ3n) is 2.18. The fourth-order valence-electron chi connectivity index (χ4n) is 1.30. The molecule has 0 saturated heterocycles. The SMILES string of the molecule is C#CCCCCNC(=O)c1csc(CCN)n1. The van der Waals surface area contributed by atoms with Crippen molar-refractivity contribution in [3.8, 4) is 12.3 Å². The molecule has 3 N–H and O–H groups in total. The first-order valence-electron chi connectivity index (χ1n) is 5.64. The second kappa shape index (κ2) is 7.82. The molecule has 4 nitrogen and oxygen atoms in total. The van der Waals surface area contributed by atoms with Crippen LogP contribution in [0.2, 0.25) is 0 Å². The molecule has 0 fully saturated rings. The lowest BCUT2D eigenvalue weighted by Gasteiger charge is -2.01. The minimum Gasteiger partial charge on any atom is -0.351 e. The summed E-state index contributed by atoms with van der Waals surface area (Å²) in [5.74, 6) is 2.45. The molecular formula is C12H17N3OS. The summed E-state index contributed by atoms with van der Waals surface area (Å²) in [6.45, 7) is 1.20. The number of carbonyl (C=O) groups is 1. The van der Waals surface area contributed by atoms with Crippen molar-refractivity contribution in [2.75, 3.05) is 13.1 Å². The van der Waals surface area contributed by atoms with Crippen LogP contribution in [0.3, 0.4) is 0 Å². The van der Waals surface area contributed by atoms with Crippen LogP contribution < -0.4 is 11.1 Å². The van der Waals surface area contributed by atoms with E-state index in [0.29, 0.717) is 18.8 Å². The van der Waals surface area contributed by atoms with Gasteiger partial charge in [0.15, 0.2) is 0 Å². The maximum atomic E-state index is 11.7. The number of terminal acetylenes is 1. The second-order valence-corrected chi connectivity index (χ2v) is 4.52. The van der Waals surface area contributed by atoms with Gasteiger partial charge in [0.1, 0.15) is 5.69 Å². The number of nitrogens with two attached hydrogens (primary N) is 1. The van der Waals surface area contributed by atoms with Crippen LogP contribution in [0.1, 0.15) is 34.8 Å². The molecule has 92 valence electrons. The molecule has 0 aliphatic carbocycles. The van der Waals surface area contributed by atoms with Crippen LogP contribution in [-0.2, 0) is 6.42 Å². The van der Waals surface area contributed by atoms with E-state index in [4.69, 9.17) is 12.2 Å². The summed E-state index contributed by atoms with van der Waals surface area (Å²) in [4.78, 5) is 15.9. The molecular weight excluding hydrogens is 234 g/mol. The summed E-state index contributed by atoms with van der Waals surface area (Å²) in [5.41, 5.74) is 5.90. The maximum absolute atomic E-state index is 11.7. The van der Waals surface area contributed by atoms with Crippen molar-refractivity contribution in [3.05, 3.63) is 16.1 Å². The number of thiazole rings is 1. The fourth-order valence-corrected chi connectivity index (χ4v) is 2.09. The highest BCUT2D eigenvalue weighted by Gasteiger charge is 2.09. The average molecular weight is 251 g/mol. The van der Waals surface area contributed by atoms with E-state index in [0.717, 1.165) is 30.7 Å². The second-order valence-electron chi connectivity index (χ2n) is 3.58. The zero-order chi connectivity index (χ0) is 12.5. The lowest BCUT2D eigenvalue weighted by molar-refractivity contribution is 0.0948.